The molecule has 0 aliphatic rings. The fourth-order valence-electron chi connectivity index (χ4n) is 2.57. The van der Waals surface area contributed by atoms with Crippen LogP contribution in [0, 0.1) is 0 Å². The van der Waals surface area contributed by atoms with Crippen LogP contribution in [0.25, 0.3) is 10.8 Å². The molecule has 1 N–H and O–H groups in total. The standard InChI is InChI=1S/C19H19N/c1-15(16-8-3-2-4-9-16)20-14-18-12-7-11-17-10-5-6-13-19(17)18/h2-13,15,20H,14H2,1H3/t15-/m1/s1. The molecule has 3 aromatic rings. The predicted octanol–water partition coefficient (Wildman–Crippen LogP) is 4.69. The van der Waals surface area contributed by atoms with Crippen molar-refractivity contribution in [2.24, 2.45) is 0 Å². The molecule has 0 spiro atoms. The van der Waals surface area contributed by atoms with Crippen molar-refractivity contribution in [1.29, 1.82) is 0 Å². The van der Waals surface area contributed by atoms with Crippen molar-refractivity contribution in [1.82, 2.24) is 5.32 Å². The van der Waals surface area contributed by atoms with Crippen molar-refractivity contribution < 1.29 is 0 Å². The van der Waals surface area contributed by atoms with E-state index in [0.29, 0.717) is 6.04 Å². The van der Waals surface area contributed by atoms with Crippen LogP contribution in [0.4, 0.5) is 0 Å². The molecule has 0 saturated carbocycles. The molecule has 1 atom stereocenters. The minimum atomic E-state index is 0.357. The van der Waals surface area contributed by atoms with Gasteiger partial charge in [-0.05, 0) is 28.8 Å². The summed E-state index contributed by atoms with van der Waals surface area (Å²) in [7, 11) is 0. The Balaban J connectivity index is 1.77. The highest BCUT2D eigenvalue weighted by Gasteiger charge is 2.05. The normalized spacial score (nSPS) is 12.4. The van der Waals surface area contributed by atoms with Gasteiger partial charge >= 0.3 is 0 Å². The third-order valence-corrected chi connectivity index (χ3v) is 3.78. The summed E-state index contributed by atoms with van der Waals surface area (Å²) in [5, 5.41) is 6.25. The maximum Gasteiger partial charge on any atom is 0.0294 e. The van der Waals surface area contributed by atoms with Crippen LogP contribution in [-0.4, -0.2) is 0 Å². The predicted molar refractivity (Wildman–Crippen MR) is 85.6 cm³/mol. The summed E-state index contributed by atoms with van der Waals surface area (Å²) < 4.78 is 0. The Hall–Kier alpha value is -2.12. The van der Waals surface area contributed by atoms with Gasteiger partial charge in [0, 0.05) is 12.6 Å². The van der Waals surface area contributed by atoms with Crippen LogP contribution in [0.2, 0.25) is 0 Å². The van der Waals surface area contributed by atoms with Gasteiger partial charge in [0.05, 0.1) is 0 Å². The van der Waals surface area contributed by atoms with Crippen LogP contribution in [0.3, 0.4) is 0 Å². The number of hydrogen-bond donors (Lipinski definition) is 1. The highest BCUT2D eigenvalue weighted by atomic mass is 14.9. The lowest BCUT2D eigenvalue weighted by Gasteiger charge is -2.15. The topological polar surface area (TPSA) is 12.0 Å². The van der Waals surface area contributed by atoms with Crippen molar-refractivity contribution >= 4 is 10.8 Å². The zero-order valence-corrected chi connectivity index (χ0v) is 11.7. The van der Waals surface area contributed by atoms with Gasteiger partial charge in [0.25, 0.3) is 0 Å². The summed E-state index contributed by atoms with van der Waals surface area (Å²) in [5.74, 6) is 0. The molecule has 0 amide bonds. The quantitative estimate of drug-likeness (QED) is 0.718. The maximum atomic E-state index is 3.61. The largest absolute Gasteiger partial charge is 0.306 e. The van der Waals surface area contributed by atoms with Crippen LogP contribution in [0.15, 0.2) is 72.8 Å². The number of rotatable bonds is 4. The Morgan fingerprint density at radius 1 is 0.800 bits per heavy atom. The molecule has 0 aliphatic carbocycles. The van der Waals surface area contributed by atoms with E-state index in [2.05, 4.69) is 85.0 Å². The first-order valence-corrected chi connectivity index (χ1v) is 7.09. The molecule has 0 saturated heterocycles. The second-order valence-electron chi connectivity index (χ2n) is 5.15. The van der Waals surface area contributed by atoms with Gasteiger partial charge in [-0.1, -0.05) is 72.8 Å². The second-order valence-corrected chi connectivity index (χ2v) is 5.15. The van der Waals surface area contributed by atoms with Crippen molar-refractivity contribution in [3.8, 4) is 0 Å². The van der Waals surface area contributed by atoms with E-state index < -0.39 is 0 Å². The summed E-state index contributed by atoms with van der Waals surface area (Å²) in [6.07, 6.45) is 0. The van der Waals surface area contributed by atoms with E-state index >= 15 is 0 Å². The molecule has 0 bridgehead atoms. The van der Waals surface area contributed by atoms with E-state index in [9.17, 15) is 0 Å². The summed E-state index contributed by atoms with van der Waals surface area (Å²) in [6, 6.07) is 26.0. The first kappa shape index (κ1) is 12.9. The van der Waals surface area contributed by atoms with Gasteiger partial charge in [0.15, 0.2) is 0 Å². The molecule has 3 rings (SSSR count). The van der Waals surface area contributed by atoms with Gasteiger partial charge < -0.3 is 5.32 Å². The first-order valence-electron chi connectivity index (χ1n) is 7.09. The van der Waals surface area contributed by atoms with Crippen molar-refractivity contribution in [2.75, 3.05) is 0 Å². The molecular formula is C19H19N. The molecule has 0 aromatic heterocycles. The van der Waals surface area contributed by atoms with Crippen LogP contribution in [-0.2, 0) is 6.54 Å². The summed E-state index contributed by atoms with van der Waals surface area (Å²) in [4.78, 5) is 0. The lowest BCUT2D eigenvalue weighted by Crippen LogP contribution is -2.18. The summed E-state index contributed by atoms with van der Waals surface area (Å²) in [6.45, 7) is 3.10. The number of hydrogen-bond acceptors (Lipinski definition) is 1. The fraction of sp³-hybridized carbons (Fsp3) is 0.158. The number of benzene rings is 3. The van der Waals surface area contributed by atoms with E-state index in [0.717, 1.165) is 6.54 Å². The fourth-order valence-corrected chi connectivity index (χ4v) is 2.57. The molecule has 0 heterocycles. The molecule has 0 unspecified atom stereocenters. The lowest BCUT2D eigenvalue weighted by atomic mass is 10.0. The smallest absolute Gasteiger partial charge is 0.0294 e. The average Bonchev–Trinajstić information content (AvgIpc) is 2.53. The molecule has 0 radical (unpaired) electrons. The van der Waals surface area contributed by atoms with Crippen molar-refractivity contribution in [3.63, 3.8) is 0 Å². The van der Waals surface area contributed by atoms with E-state index in [1.54, 1.807) is 0 Å². The molecular weight excluding hydrogens is 242 g/mol. The third kappa shape index (κ3) is 2.73. The Morgan fingerprint density at radius 2 is 1.50 bits per heavy atom. The SMILES string of the molecule is C[C@@H](NCc1cccc2ccccc12)c1ccccc1. The van der Waals surface area contributed by atoms with Crippen molar-refractivity contribution in [3.05, 3.63) is 83.9 Å². The highest BCUT2D eigenvalue weighted by molar-refractivity contribution is 5.85. The zero-order chi connectivity index (χ0) is 13.8. The summed E-state index contributed by atoms with van der Waals surface area (Å²) >= 11 is 0. The molecule has 20 heavy (non-hydrogen) atoms. The van der Waals surface area contributed by atoms with Gasteiger partial charge in [-0.2, -0.15) is 0 Å². The molecule has 0 fully saturated rings. The third-order valence-electron chi connectivity index (χ3n) is 3.78. The van der Waals surface area contributed by atoms with Crippen LogP contribution in [0.1, 0.15) is 24.1 Å². The van der Waals surface area contributed by atoms with E-state index in [1.165, 1.54) is 21.9 Å². The highest BCUT2D eigenvalue weighted by Crippen LogP contribution is 2.19. The lowest BCUT2D eigenvalue weighted by molar-refractivity contribution is 0.576. The van der Waals surface area contributed by atoms with Crippen LogP contribution in [0.5, 0.6) is 0 Å². The maximum absolute atomic E-state index is 3.61. The minimum Gasteiger partial charge on any atom is -0.306 e. The molecule has 0 aliphatic heterocycles. The molecule has 1 nitrogen and oxygen atoms in total. The number of nitrogens with one attached hydrogen (secondary N) is 1. The Morgan fingerprint density at radius 3 is 2.35 bits per heavy atom. The first-order chi connectivity index (χ1) is 9.84. The van der Waals surface area contributed by atoms with E-state index in [4.69, 9.17) is 0 Å². The van der Waals surface area contributed by atoms with Crippen LogP contribution >= 0.6 is 0 Å². The summed E-state index contributed by atoms with van der Waals surface area (Å²) in [5.41, 5.74) is 2.68. The van der Waals surface area contributed by atoms with Gasteiger partial charge in [0.1, 0.15) is 0 Å². The average molecular weight is 261 g/mol. The van der Waals surface area contributed by atoms with E-state index in [-0.39, 0.29) is 0 Å². The van der Waals surface area contributed by atoms with Gasteiger partial charge in [-0.3, -0.25) is 0 Å². The second kappa shape index (κ2) is 5.89. The Bertz CT molecular complexity index is 683. The van der Waals surface area contributed by atoms with Gasteiger partial charge in [-0.15, -0.1) is 0 Å². The van der Waals surface area contributed by atoms with E-state index in [1.807, 2.05) is 0 Å². The number of fused-ring (bicyclic) bond motifs is 1. The van der Waals surface area contributed by atoms with Crippen molar-refractivity contribution in [2.45, 2.75) is 19.5 Å². The molecule has 100 valence electrons. The monoisotopic (exact) mass is 261 g/mol. The Labute approximate surface area is 120 Å². The molecule has 1 heteroatoms. The van der Waals surface area contributed by atoms with Gasteiger partial charge in [0.2, 0.25) is 0 Å². The van der Waals surface area contributed by atoms with Crippen LogP contribution < -0.4 is 5.32 Å². The Kier molecular flexibility index (Phi) is 3.80. The zero-order valence-electron chi connectivity index (χ0n) is 11.7. The minimum absolute atomic E-state index is 0.357. The molecule has 3 aromatic carbocycles. The van der Waals surface area contributed by atoms with Gasteiger partial charge in [-0.25, -0.2) is 0 Å².